The van der Waals surface area contributed by atoms with Gasteiger partial charge in [0.2, 0.25) is 0 Å². The van der Waals surface area contributed by atoms with Crippen LogP contribution in [-0.4, -0.2) is 18.5 Å². The third-order valence-corrected chi connectivity index (χ3v) is 4.65. The third kappa shape index (κ3) is 2.45. The van der Waals surface area contributed by atoms with Crippen LogP contribution in [0.3, 0.4) is 0 Å². The van der Waals surface area contributed by atoms with Crippen molar-refractivity contribution in [3.8, 4) is 6.07 Å². The zero-order chi connectivity index (χ0) is 11.6. The lowest BCUT2D eigenvalue weighted by molar-refractivity contribution is 0.212. The zero-order valence-electron chi connectivity index (χ0n) is 9.94. The van der Waals surface area contributed by atoms with Crippen LogP contribution in [0.2, 0.25) is 0 Å². The van der Waals surface area contributed by atoms with E-state index < -0.39 is 0 Å². The summed E-state index contributed by atoms with van der Waals surface area (Å²) in [5.74, 6) is 0. The molecule has 0 saturated heterocycles. The molecule has 1 saturated carbocycles. The maximum absolute atomic E-state index is 8.81. The molecule has 3 heteroatoms. The van der Waals surface area contributed by atoms with E-state index in [-0.39, 0.29) is 0 Å². The van der Waals surface area contributed by atoms with Crippen molar-refractivity contribution in [1.29, 1.82) is 5.26 Å². The Bertz CT molecular complexity index is 373. The van der Waals surface area contributed by atoms with Gasteiger partial charge in [-0.1, -0.05) is 6.07 Å². The number of rotatable bonds is 5. The van der Waals surface area contributed by atoms with Crippen molar-refractivity contribution in [2.75, 3.05) is 13.6 Å². The normalized spacial score (nSPS) is 19.4. The van der Waals surface area contributed by atoms with Gasteiger partial charge in [0.1, 0.15) is 0 Å². The Morgan fingerprint density at radius 2 is 2.38 bits per heavy atom. The van der Waals surface area contributed by atoms with E-state index in [4.69, 9.17) is 5.26 Å². The fraction of sp³-hybridized carbons (Fsp3) is 0.615. The lowest BCUT2D eigenvalue weighted by Crippen LogP contribution is -2.28. The molecule has 1 aromatic rings. The second-order valence-corrected chi connectivity index (χ2v) is 5.92. The molecule has 0 amide bonds. The number of thiophene rings is 1. The molecule has 0 radical (unpaired) electrons. The molecule has 1 fully saturated rings. The molecule has 0 bridgehead atoms. The minimum atomic E-state index is 0.315. The first-order valence-corrected chi connectivity index (χ1v) is 6.65. The van der Waals surface area contributed by atoms with Gasteiger partial charge >= 0.3 is 0 Å². The molecule has 1 atom stereocenters. The Morgan fingerprint density at radius 1 is 1.62 bits per heavy atom. The summed E-state index contributed by atoms with van der Waals surface area (Å²) in [6.45, 7) is 3.30. The maximum Gasteiger partial charge on any atom is 0.0628 e. The summed E-state index contributed by atoms with van der Waals surface area (Å²) in [6.07, 6.45) is 3.17. The molecular formula is C13H18N2S. The highest BCUT2D eigenvalue weighted by Gasteiger charge is 2.43. The molecule has 0 N–H and O–H groups in total. The van der Waals surface area contributed by atoms with Crippen LogP contribution in [0.15, 0.2) is 17.5 Å². The van der Waals surface area contributed by atoms with Gasteiger partial charge in [-0.3, -0.25) is 4.90 Å². The highest BCUT2D eigenvalue weighted by Crippen LogP contribution is 2.49. The minimum Gasteiger partial charge on any atom is -0.298 e. The molecule has 1 aliphatic rings. The molecular weight excluding hydrogens is 216 g/mol. The number of nitrogens with zero attached hydrogens (tertiary/aromatic N) is 2. The monoisotopic (exact) mass is 234 g/mol. The molecule has 2 nitrogen and oxygen atoms in total. The first-order chi connectivity index (χ1) is 7.67. The van der Waals surface area contributed by atoms with Crippen LogP contribution in [0.4, 0.5) is 0 Å². The smallest absolute Gasteiger partial charge is 0.0628 e. The van der Waals surface area contributed by atoms with Gasteiger partial charge in [-0.2, -0.15) is 5.26 Å². The summed E-state index contributed by atoms with van der Waals surface area (Å²) in [5.41, 5.74) is 0.315. The van der Waals surface area contributed by atoms with E-state index in [1.165, 1.54) is 17.7 Å². The molecule has 2 rings (SSSR count). The number of hydrogen-bond donors (Lipinski definition) is 0. The molecule has 0 spiro atoms. The molecule has 1 heterocycles. The fourth-order valence-corrected chi connectivity index (χ4v) is 3.00. The van der Waals surface area contributed by atoms with Gasteiger partial charge in [-0.05, 0) is 43.7 Å². The topological polar surface area (TPSA) is 27.0 Å². The van der Waals surface area contributed by atoms with Crippen LogP contribution in [0.25, 0.3) is 0 Å². The first kappa shape index (κ1) is 11.6. The van der Waals surface area contributed by atoms with Gasteiger partial charge < -0.3 is 0 Å². The first-order valence-electron chi connectivity index (χ1n) is 5.77. The standard InChI is InChI=1S/C13H18N2S/c1-11(12-4-3-9-16-12)15(2)10-13(5-6-13)7-8-14/h3-4,9,11H,5-7,10H2,1-2H3. The quantitative estimate of drug-likeness (QED) is 0.780. The second kappa shape index (κ2) is 4.57. The van der Waals surface area contributed by atoms with Crippen molar-refractivity contribution < 1.29 is 0 Å². The van der Waals surface area contributed by atoms with E-state index in [0.717, 1.165) is 6.54 Å². The molecule has 86 valence electrons. The van der Waals surface area contributed by atoms with E-state index in [9.17, 15) is 0 Å². The summed E-state index contributed by atoms with van der Waals surface area (Å²) in [7, 11) is 2.17. The molecule has 16 heavy (non-hydrogen) atoms. The average molecular weight is 234 g/mol. The second-order valence-electron chi connectivity index (χ2n) is 4.94. The van der Waals surface area contributed by atoms with Crippen LogP contribution in [0.1, 0.15) is 37.1 Å². The van der Waals surface area contributed by atoms with E-state index in [2.05, 4.69) is 42.5 Å². The van der Waals surface area contributed by atoms with Crippen LogP contribution in [0.5, 0.6) is 0 Å². The molecule has 1 aromatic heterocycles. The van der Waals surface area contributed by atoms with E-state index in [0.29, 0.717) is 17.9 Å². The van der Waals surface area contributed by atoms with Gasteiger partial charge in [0.15, 0.2) is 0 Å². The third-order valence-electron chi connectivity index (χ3n) is 3.61. The lowest BCUT2D eigenvalue weighted by atomic mass is 10.0. The van der Waals surface area contributed by atoms with Crippen molar-refractivity contribution in [2.45, 2.75) is 32.2 Å². The highest BCUT2D eigenvalue weighted by atomic mass is 32.1. The summed E-state index contributed by atoms with van der Waals surface area (Å²) in [5, 5.41) is 10.9. The van der Waals surface area contributed by atoms with Crippen molar-refractivity contribution in [1.82, 2.24) is 4.90 Å². The van der Waals surface area contributed by atoms with Crippen molar-refractivity contribution >= 4 is 11.3 Å². The Kier molecular flexibility index (Phi) is 3.32. The molecule has 1 unspecified atom stereocenters. The Hall–Kier alpha value is -0.850. The average Bonchev–Trinajstić information content (AvgIpc) is 2.83. The van der Waals surface area contributed by atoms with E-state index in [1.54, 1.807) is 0 Å². The maximum atomic E-state index is 8.81. The zero-order valence-corrected chi connectivity index (χ0v) is 10.8. The van der Waals surface area contributed by atoms with Gasteiger partial charge in [-0.15, -0.1) is 11.3 Å². The Morgan fingerprint density at radius 3 is 2.88 bits per heavy atom. The van der Waals surface area contributed by atoms with Gasteiger partial charge in [0, 0.05) is 23.9 Å². The molecule has 1 aliphatic carbocycles. The Labute approximate surface area is 102 Å². The van der Waals surface area contributed by atoms with E-state index in [1.807, 2.05) is 11.3 Å². The van der Waals surface area contributed by atoms with Crippen molar-refractivity contribution in [3.63, 3.8) is 0 Å². The number of nitriles is 1. The summed E-state index contributed by atoms with van der Waals surface area (Å²) in [4.78, 5) is 3.80. The van der Waals surface area contributed by atoms with Gasteiger partial charge in [-0.25, -0.2) is 0 Å². The van der Waals surface area contributed by atoms with Gasteiger partial charge in [0.05, 0.1) is 6.07 Å². The summed E-state index contributed by atoms with van der Waals surface area (Å²) < 4.78 is 0. The lowest BCUT2D eigenvalue weighted by Gasteiger charge is -2.27. The van der Waals surface area contributed by atoms with E-state index >= 15 is 0 Å². The minimum absolute atomic E-state index is 0.315. The summed E-state index contributed by atoms with van der Waals surface area (Å²) in [6, 6.07) is 7.09. The fourth-order valence-electron chi connectivity index (χ4n) is 2.15. The molecule has 0 aromatic carbocycles. The highest BCUT2D eigenvalue weighted by molar-refractivity contribution is 7.10. The van der Waals surface area contributed by atoms with Crippen LogP contribution >= 0.6 is 11.3 Å². The van der Waals surface area contributed by atoms with Crippen LogP contribution < -0.4 is 0 Å². The van der Waals surface area contributed by atoms with Crippen LogP contribution in [-0.2, 0) is 0 Å². The van der Waals surface area contributed by atoms with Crippen LogP contribution in [0, 0.1) is 16.7 Å². The predicted octanol–water partition coefficient (Wildman–Crippen LogP) is 3.43. The predicted molar refractivity (Wildman–Crippen MR) is 67.3 cm³/mol. The summed E-state index contributed by atoms with van der Waals surface area (Å²) >= 11 is 1.81. The Balaban J connectivity index is 1.94. The molecule has 0 aliphatic heterocycles. The SMILES string of the molecule is CC(c1cccs1)N(C)CC1(CC#N)CC1. The van der Waals surface area contributed by atoms with Crippen molar-refractivity contribution in [3.05, 3.63) is 22.4 Å². The van der Waals surface area contributed by atoms with Gasteiger partial charge in [0.25, 0.3) is 0 Å². The largest absolute Gasteiger partial charge is 0.298 e. The van der Waals surface area contributed by atoms with Crippen molar-refractivity contribution in [2.24, 2.45) is 5.41 Å². The number of hydrogen-bond acceptors (Lipinski definition) is 3.